The summed E-state index contributed by atoms with van der Waals surface area (Å²) in [7, 11) is 0. The highest BCUT2D eigenvalue weighted by Crippen LogP contribution is 2.47. The van der Waals surface area contributed by atoms with Gasteiger partial charge in [0.15, 0.2) is 0 Å². The first-order valence-corrected chi connectivity index (χ1v) is 15.5. The van der Waals surface area contributed by atoms with Gasteiger partial charge in [0.2, 0.25) is 5.91 Å². The van der Waals surface area contributed by atoms with Crippen LogP contribution in [0.25, 0.3) is 0 Å². The van der Waals surface area contributed by atoms with Crippen molar-refractivity contribution in [1.29, 1.82) is 0 Å². The van der Waals surface area contributed by atoms with Gasteiger partial charge in [-0.1, -0.05) is 66.9 Å². The number of hydrogen-bond donors (Lipinski definition) is 1. The summed E-state index contributed by atoms with van der Waals surface area (Å²) in [5.41, 5.74) is 4.25. The maximum atomic E-state index is 14.1. The summed E-state index contributed by atoms with van der Waals surface area (Å²) in [6, 6.07) is 20.7. The van der Waals surface area contributed by atoms with Crippen molar-refractivity contribution in [3.05, 3.63) is 93.2 Å². The molecule has 2 aliphatic heterocycles. The average Bonchev–Trinajstić information content (AvgIpc) is 3.68. The molecule has 39 heavy (non-hydrogen) atoms. The summed E-state index contributed by atoms with van der Waals surface area (Å²) in [6.45, 7) is 5.96. The number of likely N-dealkylation sites (tertiary alicyclic amines) is 1. The lowest BCUT2D eigenvalue weighted by atomic mass is 9.80. The van der Waals surface area contributed by atoms with Crippen molar-refractivity contribution in [1.82, 2.24) is 15.1 Å². The Balaban J connectivity index is 1.17. The molecule has 0 unspecified atom stereocenters. The van der Waals surface area contributed by atoms with E-state index in [1.807, 2.05) is 30.3 Å². The molecule has 2 atom stereocenters. The zero-order valence-electron chi connectivity index (χ0n) is 22.9. The van der Waals surface area contributed by atoms with Crippen molar-refractivity contribution in [2.24, 2.45) is 5.92 Å². The van der Waals surface area contributed by atoms with Gasteiger partial charge in [-0.25, -0.2) is 0 Å². The zero-order valence-corrected chi connectivity index (χ0v) is 23.7. The van der Waals surface area contributed by atoms with E-state index in [-0.39, 0.29) is 29.8 Å². The van der Waals surface area contributed by atoms with Crippen LogP contribution in [0.2, 0.25) is 0 Å². The number of carbonyl (C=O) groups excluding carboxylic acids is 2. The van der Waals surface area contributed by atoms with Gasteiger partial charge in [0.05, 0.1) is 12.0 Å². The Morgan fingerprint density at radius 1 is 0.974 bits per heavy atom. The summed E-state index contributed by atoms with van der Waals surface area (Å²) < 4.78 is 0. The van der Waals surface area contributed by atoms with E-state index < -0.39 is 0 Å². The lowest BCUT2D eigenvalue weighted by molar-refractivity contribution is -0.124. The van der Waals surface area contributed by atoms with Crippen LogP contribution in [0.5, 0.6) is 0 Å². The minimum Gasteiger partial charge on any atom is -0.355 e. The first-order valence-electron chi connectivity index (χ1n) is 14.6. The molecule has 1 N–H and O–H groups in total. The summed E-state index contributed by atoms with van der Waals surface area (Å²) in [5.74, 6) is 0.230. The third-order valence-corrected chi connectivity index (χ3v) is 9.92. The van der Waals surface area contributed by atoms with Crippen molar-refractivity contribution in [2.75, 3.05) is 19.6 Å². The minimum atomic E-state index is -0.389. The number of piperidine rings is 1. The largest absolute Gasteiger partial charge is 0.355 e. The molecular weight excluding hydrogens is 502 g/mol. The minimum absolute atomic E-state index is 0.0542. The fourth-order valence-corrected chi connectivity index (χ4v) is 7.81. The molecule has 204 valence electrons. The predicted molar refractivity (Wildman–Crippen MR) is 157 cm³/mol. The van der Waals surface area contributed by atoms with E-state index >= 15 is 0 Å². The number of thiophene rings is 1. The Kier molecular flexibility index (Phi) is 7.85. The van der Waals surface area contributed by atoms with Crippen LogP contribution in [0.15, 0.2) is 66.0 Å². The van der Waals surface area contributed by atoms with Gasteiger partial charge in [-0.3, -0.25) is 14.5 Å². The smallest absolute Gasteiger partial charge is 0.254 e. The van der Waals surface area contributed by atoms with Gasteiger partial charge < -0.3 is 10.2 Å². The Hall–Kier alpha value is -2.96. The van der Waals surface area contributed by atoms with Gasteiger partial charge in [0.25, 0.3) is 5.91 Å². The molecule has 1 aliphatic carbocycles. The SMILES string of the molecule is Cc1cccc(CN2CCC(CNC(=O)[C@H]3c4ccccc4C(=O)N(C4CCCC4)[C@@H]3c3cccs3)CC2)c1. The summed E-state index contributed by atoms with van der Waals surface area (Å²) in [6.07, 6.45) is 6.51. The normalized spacial score (nSPS) is 22.7. The highest BCUT2D eigenvalue weighted by Gasteiger charge is 2.47. The molecule has 0 radical (unpaired) electrons. The highest BCUT2D eigenvalue weighted by molar-refractivity contribution is 7.10. The molecule has 2 fully saturated rings. The van der Waals surface area contributed by atoms with Gasteiger partial charge in [-0.15, -0.1) is 11.3 Å². The monoisotopic (exact) mass is 541 g/mol. The van der Waals surface area contributed by atoms with Crippen molar-refractivity contribution in [2.45, 2.75) is 70.0 Å². The van der Waals surface area contributed by atoms with Gasteiger partial charge >= 0.3 is 0 Å². The van der Waals surface area contributed by atoms with E-state index in [9.17, 15) is 9.59 Å². The van der Waals surface area contributed by atoms with Crippen molar-refractivity contribution in [3.63, 3.8) is 0 Å². The van der Waals surface area contributed by atoms with E-state index in [1.165, 1.54) is 11.1 Å². The second kappa shape index (κ2) is 11.6. The van der Waals surface area contributed by atoms with Crippen LogP contribution in [0.4, 0.5) is 0 Å². The van der Waals surface area contributed by atoms with Crippen LogP contribution in [-0.2, 0) is 11.3 Å². The summed E-state index contributed by atoms with van der Waals surface area (Å²) >= 11 is 1.66. The van der Waals surface area contributed by atoms with Crippen LogP contribution >= 0.6 is 11.3 Å². The zero-order chi connectivity index (χ0) is 26.8. The van der Waals surface area contributed by atoms with Gasteiger partial charge in [0, 0.05) is 29.6 Å². The summed E-state index contributed by atoms with van der Waals surface area (Å²) in [5, 5.41) is 5.42. The molecule has 0 bridgehead atoms. The first-order chi connectivity index (χ1) is 19.1. The number of nitrogens with one attached hydrogen (secondary N) is 1. The maximum Gasteiger partial charge on any atom is 0.254 e. The molecule has 3 aromatic rings. The van der Waals surface area contributed by atoms with E-state index in [4.69, 9.17) is 0 Å². The molecule has 3 aliphatic rings. The molecule has 1 aromatic heterocycles. The van der Waals surface area contributed by atoms with Gasteiger partial charge in [-0.2, -0.15) is 0 Å². The topological polar surface area (TPSA) is 52.7 Å². The quantitative estimate of drug-likeness (QED) is 0.382. The molecule has 6 rings (SSSR count). The first kappa shape index (κ1) is 26.3. The number of benzene rings is 2. The van der Waals surface area contributed by atoms with Crippen LogP contribution in [0.1, 0.15) is 82.4 Å². The molecule has 1 saturated carbocycles. The number of aryl methyl sites for hydroxylation is 1. The Bertz CT molecular complexity index is 1290. The fraction of sp³-hybridized carbons (Fsp3) is 0.455. The van der Waals surface area contributed by atoms with Gasteiger partial charge in [-0.05, 0) is 80.3 Å². The van der Waals surface area contributed by atoms with Crippen molar-refractivity contribution >= 4 is 23.2 Å². The summed E-state index contributed by atoms with van der Waals surface area (Å²) in [4.78, 5) is 33.6. The van der Waals surface area contributed by atoms with E-state index in [2.05, 4.69) is 57.8 Å². The fourth-order valence-electron chi connectivity index (χ4n) is 6.95. The molecule has 5 nitrogen and oxygen atoms in total. The molecule has 1 saturated heterocycles. The van der Waals surface area contributed by atoms with Crippen molar-refractivity contribution < 1.29 is 9.59 Å². The average molecular weight is 542 g/mol. The lowest BCUT2D eigenvalue weighted by Gasteiger charge is -2.44. The highest BCUT2D eigenvalue weighted by atomic mass is 32.1. The molecule has 3 heterocycles. The third-order valence-electron chi connectivity index (χ3n) is 8.97. The molecule has 2 amide bonds. The van der Waals surface area contributed by atoms with E-state index in [0.29, 0.717) is 18.0 Å². The van der Waals surface area contributed by atoms with E-state index in [0.717, 1.165) is 68.6 Å². The molecule has 6 heteroatoms. The Labute approximate surface area is 236 Å². The number of amides is 2. The second-order valence-electron chi connectivity index (χ2n) is 11.6. The van der Waals surface area contributed by atoms with Crippen LogP contribution < -0.4 is 5.32 Å². The number of rotatable bonds is 7. The number of carbonyl (C=O) groups is 2. The lowest BCUT2D eigenvalue weighted by Crippen LogP contribution is -2.51. The molecule has 0 spiro atoms. The van der Waals surface area contributed by atoms with Crippen molar-refractivity contribution in [3.8, 4) is 0 Å². The second-order valence-corrected chi connectivity index (χ2v) is 12.6. The Morgan fingerprint density at radius 2 is 1.77 bits per heavy atom. The molecular formula is C33H39N3O2S. The predicted octanol–water partition coefficient (Wildman–Crippen LogP) is 6.31. The van der Waals surface area contributed by atoms with Crippen LogP contribution in [0.3, 0.4) is 0 Å². The van der Waals surface area contributed by atoms with Crippen LogP contribution in [0, 0.1) is 12.8 Å². The Morgan fingerprint density at radius 3 is 2.51 bits per heavy atom. The van der Waals surface area contributed by atoms with E-state index in [1.54, 1.807) is 11.3 Å². The van der Waals surface area contributed by atoms with Gasteiger partial charge in [0.1, 0.15) is 0 Å². The number of nitrogens with zero attached hydrogens (tertiary/aromatic N) is 2. The molecule has 2 aromatic carbocycles. The maximum absolute atomic E-state index is 14.1. The third kappa shape index (κ3) is 5.55. The van der Waals surface area contributed by atoms with Crippen LogP contribution in [-0.4, -0.2) is 47.3 Å². The standard InChI is InChI=1S/C33H39N3O2S/c1-23-8-6-9-25(20-23)22-35-17-15-24(16-18-35)21-34-32(37)30-27-12-4-5-13-28(27)33(38)36(26-10-2-3-11-26)31(30)29-14-7-19-39-29/h4-9,12-14,19-20,24,26,30-31H,2-3,10-11,15-18,21-22H2,1H3,(H,34,37)/t30-,31+/m0/s1. The number of fused-ring (bicyclic) bond motifs is 1. The number of hydrogen-bond acceptors (Lipinski definition) is 4.